The molecule has 0 saturated carbocycles. The Labute approximate surface area is 276 Å². The molecule has 0 aromatic heterocycles. The predicted octanol–water partition coefficient (Wildman–Crippen LogP) is 12.9. The summed E-state index contributed by atoms with van der Waals surface area (Å²) in [5.74, 6) is 3.71. The van der Waals surface area contributed by atoms with Crippen molar-refractivity contribution in [2.24, 2.45) is 35.5 Å². The molecule has 6 unspecified atom stereocenters. The number of allylic oxidation sites excluding steroid dienone is 10. The smallest absolute Gasteiger partial charge is 0.0657 e. The molecule has 0 amide bonds. The van der Waals surface area contributed by atoms with Crippen molar-refractivity contribution in [2.45, 2.75) is 145 Å². The molecule has 0 rings (SSSR count). The number of methoxy groups -OCH3 is 2. The Morgan fingerprint density at radius 2 is 0.886 bits per heavy atom. The van der Waals surface area contributed by atoms with E-state index < -0.39 is 0 Å². The van der Waals surface area contributed by atoms with Crippen molar-refractivity contribution in [3.8, 4) is 0 Å². The summed E-state index contributed by atoms with van der Waals surface area (Å²) >= 11 is 0. The largest absolute Gasteiger partial charge is 0.378 e. The maximum atomic E-state index is 5.50. The van der Waals surface area contributed by atoms with E-state index in [4.69, 9.17) is 9.47 Å². The summed E-state index contributed by atoms with van der Waals surface area (Å²) in [4.78, 5) is 0. The number of rotatable bonds is 25. The lowest BCUT2D eigenvalue weighted by Crippen LogP contribution is -2.20. The normalized spacial score (nSPS) is 18.0. The van der Waals surface area contributed by atoms with Crippen LogP contribution in [0, 0.1) is 35.5 Å². The topological polar surface area (TPSA) is 18.5 Å². The van der Waals surface area contributed by atoms with Crippen LogP contribution in [0.3, 0.4) is 0 Å². The standard InChI is InChI=1S/C42H74O2/c1-35(23-15-25-37(3)27-17-29-39(5)31-19-33-41(7,8)43-11)21-13-14-22-36(2)24-16-26-38(4)28-18-30-40(6)32-20-34-42(9,10)44-12/h13-15,17,19-23,27,31-32,35-40H,16,18,24-26,28-30,33-34H2,1-12H3/b21-13+,22-14+,23-15+,27-17+,31-19+,32-20+. The maximum absolute atomic E-state index is 5.50. The lowest BCUT2D eigenvalue weighted by Gasteiger charge is -2.20. The van der Waals surface area contributed by atoms with Gasteiger partial charge in [0.25, 0.3) is 0 Å². The molecular weight excluding hydrogens is 536 g/mol. The second-order valence-electron chi connectivity index (χ2n) is 15.0. The van der Waals surface area contributed by atoms with Crippen molar-refractivity contribution < 1.29 is 9.47 Å². The minimum Gasteiger partial charge on any atom is -0.378 e. The Balaban J connectivity index is 4.12. The molecule has 0 fully saturated rings. The van der Waals surface area contributed by atoms with Gasteiger partial charge in [-0.3, -0.25) is 0 Å². The van der Waals surface area contributed by atoms with Gasteiger partial charge in [0.05, 0.1) is 11.2 Å². The average molecular weight is 611 g/mol. The van der Waals surface area contributed by atoms with Gasteiger partial charge in [-0.1, -0.05) is 140 Å². The van der Waals surface area contributed by atoms with Crippen molar-refractivity contribution in [2.75, 3.05) is 14.2 Å². The highest BCUT2D eigenvalue weighted by Crippen LogP contribution is 2.21. The zero-order chi connectivity index (χ0) is 33.4. The van der Waals surface area contributed by atoms with Crippen LogP contribution in [0.4, 0.5) is 0 Å². The lowest BCUT2D eigenvalue weighted by atomic mass is 9.92. The molecule has 0 aliphatic carbocycles. The van der Waals surface area contributed by atoms with Gasteiger partial charge in [0.15, 0.2) is 0 Å². The summed E-state index contributed by atoms with van der Waals surface area (Å²) in [7, 11) is 3.58. The van der Waals surface area contributed by atoms with E-state index in [0.29, 0.717) is 29.6 Å². The molecule has 6 atom stereocenters. The third-order valence-corrected chi connectivity index (χ3v) is 8.85. The second kappa shape index (κ2) is 24.6. The molecule has 0 aromatic carbocycles. The van der Waals surface area contributed by atoms with E-state index in [0.717, 1.165) is 31.6 Å². The fourth-order valence-corrected chi connectivity index (χ4v) is 5.00. The van der Waals surface area contributed by atoms with Crippen LogP contribution in [-0.4, -0.2) is 25.4 Å². The molecular formula is C42H74O2. The molecule has 44 heavy (non-hydrogen) atoms. The monoisotopic (exact) mass is 611 g/mol. The zero-order valence-corrected chi connectivity index (χ0v) is 31.3. The molecule has 0 aromatic rings. The highest BCUT2D eigenvalue weighted by atomic mass is 16.5. The van der Waals surface area contributed by atoms with Gasteiger partial charge in [-0.25, -0.2) is 0 Å². The van der Waals surface area contributed by atoms with Crippen molar-refractivity contribution >= 4 is 0 Å². The molecule has 254 valence electrons. The third-order valence-electron chi connectivity index (χ3n) is 8.85. The summed E-state index contributed by atoms with van der Waals surface area (Å²) < 4.78 is 11.0. The minimum absolute atomic E-state index is 0.0551. The molecule has 0 radical (unpaired) electrons. The highest BCUT2D eigenvalue weighted by Gasteiger charge is 2.14. The first-order valence-corrected chi connectivity index (χ1v) is 17.8. The fourth-order valence-electron chi connectivity index (χ4n) is 5.00. The molecule has 0 heterocycles. The van der Waals surface area contributed by atoms with E-state index in [1.165, 1.54) is 38.5 Å². The Kier molecular flexibility index (Phi) is 23.7. The van der Waals surface area contributed by atoms with Crippen molar-refractivity contribution in [3.05, 3.63) is 72.9 Å². The zero-order valence-electron chi connectivity index (χ0n) is 31.3. The van der Waals surface area contributed by atoms with Crippen LogP contribution < -0.4 is 0 Å². The van der Waals surface area contributed by atoms with Crippen LogP contribution in [0.5, 0.6) is 0 Å². The fraction of sp³-hybridized carbons (Fsp3) is 0.714. The molecule has 0 aliphatic heterocycles. The van der Waals surface area contributed by atoms with Gasteiger partial charge in [0.2, 0.25) is 0 Å². The summed E-state index contributed by atoms with van der Waals surface area (Å²) in [5.41, 5.74) is -0.131. The first-order valence-electron chi connectivity index (χ1n) is 17.8. The summed E-state index contributed by atoms with van der Waals surface area (Å²) in [6.45, 7) is 22.5. The lowest BCUT2D eigenvalue weighted by molar-refractivity contribution is 0.0251. The van der Waals surface area contributed by atoms with E-state index >= 15 is 0 Å². The first kappa shape index (κ1) is 42.4. The van der Waals surface area contributed by atoms with E-state index in [1.54, 1.807) is 14.2 Å². The quantitative estimate of drug-likeness (QED) is 0.0756. The first-order chi connectivity index (χ1) is 20.7. The van der Waals surface area contributed by atoms with Crippen LogP contribution in [-0.2, 0) is 9.47 Å². The molecule has 2 nitrogen and oxygen atoms in total. The van der Waals surface area contributed by atoms with Crippen LogP contribution in [0.2, 0.25) is 0 Å². The maximum Gasteiger partial charge on any atom is 0.0657 e. The highest BCUT2D eigenvalue weighted by molar-refractivity contribution is 5.09. The SMILES string of the molecule is COC(C)(C)C/C=C/C(C)C/C=C/C(C)C/C=C/C(C)/C=C/C=C/C(C)CCCC(C)CCCC(C)/C=C/CC(C)(C)OC. The molecule has 0 spiro atoms. The summed E-state index contributed by atoms with van der Waals surface area (Å²) in [5, 5.41) is 0. The van der Waals surface area contributed by atoms with Gasteiger partial charge in [0, 0.05) is 14.2 Å². The van der Waals surface area contributed by atoms with Gasteiger partial charge < -0.3 is 9.47 Å². The van der Waals surface area contributed by atoms with Gasteiger partial charge >= 0.3 is 0 Å². The second-order valence-corrected chi connectivity index (χ2v) is 15.0. The van der Waals surface area contributed by atoms with Crippen LogP contribution >= 0.6 is 0 Å². The third kappa shape index (κ3) is 25.7. The Bertz CT molecular complexity index is 868. The van der Waals surface area contributed by atoms with E-state index in [9.17, 15) is 0 Å². The van der Waals surface area contributed by atoms with Crippen molar-refractivity contribution in [3.63, 3.8) is 0 Å². The number of ether oxygens (including phenoxy) is 2. The van der Waals surface area contributed by atoms with Crippen LogP contribution in [0.1, 0.15) is 133 Å². The van der Waals surface area contributed by atoms with Crippen LogP contribution in [0.25, 0.3) is 0 Å². The summed E-state index contributed by atoms with van der Waals surface area (Å²) in [6.07, 6.45) is 39.8. The molecule has 2 heteroatoms. The van der Waals surface area contributed by atoms with Crippen molar-refractivity contribution in [1.29, 1.82) is 0 Å². The van der Waals surface area contributed by atoms with Gasteiger partial charge in [-0.15, -0.1) is 0 Å². The average Bonchev–Trinajstić information content (AvgIpc) is 2.95. The van der Waals surface area contributed by atoms with Gasteiger partial charge in [-0.2, -0.15) is 0 Å². The van der Waals surface area contributed by atoms with E-state index in [-0.39, 0.29) is 11.2 Å². The Morgan fingerprint density at radius 3 is 1.39 bits per heavy atom. The summed E-state index contributed by atoms with van der Waals surface area (Å²) in [6, 6.07) is 0. The van der Waals surface area contributed by atoms with Crippen molar-refractivity contribution in [1.82, 2.24) is 0 Å². The molecule has 0 aliphatic rings. The van der Waals surface area contributed by atoms with E-state index in [2.05, 4.69) is 142 Å². The van der Waals surface area contributed by atoms with Crippen LogP contribution in [0.15, 0.2) is 72.9 Å². The Hall–Kier alpha value is -1.64. The minimum atomic E-state index is -0.0763. The molecule has 0 bridgehead atoms. The molecule has 0 N–H and O–H groups in total. The van der Waals surface area contributed by atoms with Gasteiger partial charge in [0.1, 0.15) is 0 Å². The Morgan fingerprint density at radius 1 is 0.477 bits per heavy atom. The number of hydrogen-bond acceptors (Lipinski definition) is 2. The predicted molar refractivity (Wildman–Crippen MR) is 198 cm³/mol. The van der Waals surface area contributed by atoms with E-state index in [1.807, 2.05) is 0 Å². The van der Waals surface area contributed by atoms with Gasteiger partial charge in [-0.05, 0) is 102 Å². The molecule has 0 saturated heterocycles. The number of hydrogen-bond donors (Lipinski definition) is 0.